The first-order valence-corrected chi connectivity index (χ1v) is 10.8. The Bertz CT molecular complexity index is 905. The minimum Gasteiger partial charge on any atom is -0.488 e. The molecule has 2 aliphatic heterocycles. The Kier molecular flexibility index (Phi) is 6.00. The number of rotatable bonds is 7. The van der Waals surface area contributed by atoms with Crippen LogP contribution in [0.5, 0.6) is 5.75 Å². The van der Waals surface area contributed by atoms with Crippen molar-refractivity contribution in [2.75, 3.05) is 13.6 Å². The fourth-order valence-electron chi connectivity index (χ4n) is 4.48. The minimum atomic E-state index is -0.374. The van der Waals surface area contributed by atoms with Gasteiger partial charge in [-0.15, -0.1) is 0 Å². The fraction of sp³-hybridized carbons (Fsp3) is 0.417. The highest BCUT2D eigenvalue weighted by Crippen LogP contribution is 2.31. The lowest BCUT2D eigenvalue weighted by atomic mass is 9.85. The van der Waals surface area contributed by atoms with Crippen LogP contribution in [-0.4, -0.2) is 41.9 Å². The van der Waals surface area contributed by atoms with Gasteiger partial charge in [0.25, 0.3) is 0 Å². The van der Waals surface area contributed by atoms with Gasteiger partial charge in [0, 0.05) is 36.9 Å². The van der Waals surface area contributed by atoms with Gasteiger partial charge in [0.05, 0.1) is 6.54 Å². The third-order valence-electron chi connectivity index (χ3n) is 6.13. The van der Waals surface area contributed by atoms with Gasteiger partial charge in [-0.3, -0.25) is 9.59 Å². The van der Waals surface area contributed by atoms with Crippen LogP contribution >= 0.6 is 11.6 Å². The van der Waals surface area contributed by atoms with E-state index < -0.39 is 0 Å². The first-order chi connectivity index (χ1) is 14.4. The van der Waals surface area contributed by atoms with Crippen LogP contribution in [0, 0.1) is 0 Å². The van der Waals surface area contributed by atoms with Gasteiger partial charge in [-0.05, 0) is 48.6 Å². The van der Waals surface area contributed by atoms with E-state index in [1.54, 1.807) is 4.90 Å². The van der Waals surface area contributed by atoms with Gasteiger partial charge >= 0.3 is 0 Å². The third kappa shape index (κ3) is 4.78. The summed E-state index contributed by atoms with van der Waals surface area (Å²) < 4.78 is 5.97. The van der Waals surface area contributed by atoms with Gasteiger partial charge in [0.1, 0.15) is 11.9 Å². The predicted molar refractivity (Wildman–Crippen MR) is 117 cm³/mol. The summed E-state index contributed by atoms with van der Waals surface area (Å²) in [5.41, 5.74) is 1.93. The standard InChI is InChI=1S/C24H27ClN2O3/c1-27(16-20-14-18-4-2-3-5-21(18)30-20)23(29)11-13-24(12-10-22(28)26-24)15-17-6-8-19(25)9-7-17/h2-9,20H,10-16H2,1H3,(H,26,28)/t20-,24+/m0/s1. The Morgan fingerprint density at radius 3 is 2.70 bits per heavy atom. The molecule has 158 valence electrons. The number of para-hydroxylation sites is 1. The summed E-state index contributed by atoms with van der Waals surface area (Å²) in [5.74, 6) is 1.05. The smallest absolute Gasteiger partial charge is 0.222 e. The van der Waals surface area contributed by atoms with E-state index in [0.29, 0.717) is 37.3 Å². The van der Waals surface area contributed by atoms with Crippen molar-refractivity contribution in [1.82, 2.24) is 10.2 Å². The Morgan fingerprint density at radius 2 is 2.00 bits per heavy atom. The molecular weight excluding hydrogens is 400 g/mol. The SMILES string of the molecule is CN(C[C@@H]1Cc2ccccc2O1)C(=O)CC[C@@]1(Cc2ccc(Cl)cc2)CCC(=O)N1. The molecule has 0 unspecified atom stereocenters. The molecule has 6 heteroatoms. The van der Waals surface area contributed by atoms with Crippen LogP contribution < -0.4 is 10.1 Å². The molecule has 4 rings (SSSR count). The topological polar surface area (TPSA) is 58.6 Å². The zero-order chi connectivity index (χ0) is 21.1. The highest BCUT2D eigenvalue weighted by atomic mass is 35.5. The van der Waals surface area contributed by atoms with Gasteiger partial charge < -0.3 is 15.0 Å². The van der Waals surface area contributed by atoms with Crippen LogP contribution in [0.4, 0.5) is 0 Å². The second kappa shape index (κ2) is 8.68. The van der Waals surface area contributed by atoms with Gasteiger partial charge in [-0.25, -0.2) is 0 Å². The van der Waals surface area contributed by atoms with Crippen LogP contribution in [0.2, 0.25) is 5.02 Å². The molecule has 1 fully saturated rings. The van der Waals surface area contributed by atoms with E-state index in [-0.39, 0.29) is 23.5 Å². The van der Waals surface area contributed by atoms with E-state index in [1.165, 1.54) is 5.56 Å². The summed E-state index contributed by atoms with van der Waals surface area (Å²) in [4.78, 5) is 26.6. The van der Waals surface area contributed by atoms with E-state index in [4.69, 9.17) is 16.3 Å². The van der Waals surface area contributed by atoms with Gasteiger partial charge in [-0.2, -0.15) is 0 Å². The maximum atomic E-state index is 12.8. The largest absolute Gasteiger partial charge is 0.488 e. The summed E-state index contributed by atoms with van der Waals surface area (Å²) in [6, 6.07) is 15.7. The number of nitrogens with one attached hydrogen (secondary N) is 1. The maximum absolute atomic E-state index is 12.8. The average Bonchev–Trinajstić information content (AvgIpc) is 3.31. The van der Waals surface area contributed by atoms with Crippen molar-refractivity contribution < 1.29 is 14.3 Å². The summed E-state index contributed by atoms with van der Waals surface area (Å²) in [6.07, 6.45) is 3.78. The van der Waals surface area contributed by atoms with E-state index in [9.17, 15) is 9.59 Å². The van der Waals surface area contributed by atoms with Crippen LogP contribution in [0.3, 0.4) is 0 Å². The molecule has 5 nitrogen and oxygen atoms in total. The highest BCUT2D eigenvalue weighted by molar-refractivity contribution is 6.30. The fourth-order valence-corrected chi connectivity index (χ4v) is 4.60. The normalized spacial score (nSPS) is 22.3. The second-order valence-electron chi connectivity index (χ2n) is 8.46. The average molecular weight is 427 g/mol. The number of hydrogen-bond donors (Lipinski definition) is 1. The summed E-state index contributed by atoms with van der Waals surface area (Å²) >= 11 is 5.99. The lowest BCUT2D eigenvalue weighted by Gasteiger charge is -2.30. The number of nitrogens with zero attached hydrogens (tertiary/aromatic N) is 1. The number of carbonyl (C=O) groups excluding carboxylic acids is 2. The molecule has 2 amide bonds. The number of ether oxygens (including phenoxy) is 1. The summed E-state index contributed by atoms with van der Waals surface area (Å²) in [6.45, 7) is 0.560. The highest BCUT2D eigenvalue weighted by Gasteiger charge is 2.38. The Balaban J connectivity index is 1.33. The molecule has 0 aromatic heterocycles. The van der Waals surface area contributed by atoms with E-state index >= 15 is 0 Å². The zero-order valence-electron chi connectivity index (χ0n) is 17.2. The van der Waals surface area contributed by atoms with E-state index in [2.05, 4.69) is 11.4 Å². The molecule has 2 atom stereocenters. The van der Waals surface area contributed by atoms with Crippen molar-refractivity contribution >= 4 is 23.4 Å². The number of hydrogen-bond acceptors (Lipinski definition) is 3. The third-order valence-corrected chi connectivity index (χ3v) is 6.38. The number of benzene rings is 2. The number of carbonyl (C=O) groups is 2. The maximum Gasteiger partial charge on any atom is 0.222 e. The minimum absolute atomic E-state index is 0.00874. The molecule has 2 aromatic rings. The first kappa shape index (κ1) is 20.7. The molecule has 30 heavy (non-hydrogen) atoms. The quantitative estimate of drug-likeness (QED) is 0.733. The van der Waals surface area contributed by atoms with E-state index in [0.717, 1.165) is 24.2 Å². The van der Waals surface area contributed by atoms with Crippen molar-refractivity contribution in [2.24, 2.45) is 0 Å². The number of amides is 2. The van der Waals surface area contributed by atoms with Gasteiger partial charge in [0.2, 0.25) is 11.8 Å². The molecule has 1 N–H and O–H groups in total. The molecule has 2 aromatic carbocycles. The predicted octanol–water partition coefficient (Wildman–Crippen LogP) is 3.77. The number of halogens is 1. The molecular formula is C24H27ClN2O3. The van der Waals surface area contributed by atoms with Gasteiger partial charge in [0.15, 0.2) is 0 Å². The van der Waals surface area contributed by atoms with Crippen LogP contribution in [0.1, 0.15) is 36.8 Å². The van der Waals surface area contributed by atoms with Crippen molar-refractivity contribution in [1.29, 1.82) is 0 Å². The molecule has 0 spiro atoms. The van der Waals surface area contributed by atoms with Crippen LogP contribution in [0.15, 0.2) is 48.5 Å². The molecule has 2 aliphatic rings. The summed E-state index contributed by atoms with van der Waals surface area (Å²) in [7, 11) is 1.83. The van der Waals surface area contributed by atoms with Crippen molar-refractivity contribution in [3.05, 3.63) is 64.7 Å². The molecule has 2 heterocycles. The summed E-state index contributed by atoms with van der Waals surface area (Å²) in [5, 5.41) is 3.83. The monoisotopic (exact) mass is 426 g/mol. The Hall–Kier alpha value is -2.53. The van der Waals surface area contributed by atoms with Crippen molar-refractivity contribution in [3.8, 4) is 5.75 Å². The van der Waals surface area contributed by atoms with Crippen LogP contribution in [-0.2, 0) is 22.4 Å². The van der Waals surface area contributed by atoms with Crippen LogP contribution in [0.25, 0.3) is 0 Å². The Morgan fingerprint density at radius 1 is 1.23 bits per heavy atom. The number of likely N-dealkylation sites (N-methyl/N-ethyl adjacent to an activating group) is 1. The molecule has 0 radical (unpaired) electrons. The number of fused-ring (bicyclic) bond motifs is 1. The Labute approximate surface area is 182 Å². The van der Waals surface area contributed by atoms with Crippen molar-refractivity contribution in [2.45, 2.75) is 50.2 Å². The lowest BCUT2D eigenvalue weighted by molar-refractivity contribution is -0.131. The zero-order valence-corrected chi connectivity index (χ0v) is 18.0. The van der Waals surface area contributed by atoms with Crippen molar-refractivity contribution in [3.63, 3.8) is 0 Å². The molecule has 0 aliphatic carbocycles. The van der Waals surface area contributed by atoms with Gasteiger partial charge in [-0.1, -0.05) is 41.9 Å². The lowest BCUT2D eigenvalue weighted by Crippen LogP contribution is -2.45. The molecule has 0 bridgehead atoms. The molecule has 1 saturated heterocycles. The molecule has 0 saturated carbocycles. The first-order valence-electron chi connectivity index (χ1n) is 10.5. The van der Waals surface area contributed by atoms with E-state index in [1.807, 2.05) is 49.5 Å². The second-order valence-corrected chi connectivity index (χ2v) is 8.89.